The minimum atomic E-state index is -0.466. The van der Waals surface area contributed by atoms with E-state index in [1.807, 2.05) is 0 Å². The van der Waals surface area contributed by atoms with Crippen LogP contribution in [0.1, 0.15) is 6.92 Å². The summed E-state index contributed by atoms with van der Waals surface area (Å²) >= 11 is 3.31. The lowest BCUT2D eigenvalue weighted by molar-refractivity contribution is -0.141. The number of rotatable bonds is 6. The Balaban J connectivity index is 2.97. The molecule has 1 aromatic rings. The first kappa shape index (κ1) is 14.5. The van der Waals surface area contributed by atoms with Crippen LogP contribution in [-0.2, 0) is 14.3 Å². The molecule has 0 aliphatic heterocycles. The second-order valence-electron chi connectivity index (χ2n) is 3.35. The molecular weight excluding hydrogens is 302 g/mol. The monoisotopic (exact) mass is 315 g/mol. The van der Waals surface area contributed by atoms with Gasteiger partial charge in [0.15, 0.2) is 0 Å². The van der Waals surface area contributed by atoms with Crippen molar-refractivity contribution in [2.75, 3.05) is 25.2 Å². The Morgan fingerprint density at radius 3 is 2.78 bits per heavy atom. The molecule has 0 N–H and O–H groups in total. The topological polar surface area (TPSA) is 55.8 Å². The molecule has 1 rings (SSSR count). The van der Waals surface area contributed by atoms with E-state index in [1.165, 1.54) is 12.0 Å². The van der Waals surface area contributed by atoms with Gasteiger partial charge in [-0.25, -0.2) is 0 Å². The highest BCUT2D eigenvalue weighted by atomic mass is 79.9. The van der Waals surface area contributed by atoms with Gasteiger partial charge in [0.1, 0.15) is 12.3 Å². The molecule has 1 aromatic carbocycles. The van der Waals surface area contributed by atoms with Crippen LogP contribution in [0.25, 0.3) is 0 Å². The Morgan fingerprint density at radius 1 is 1.50 bits per heavy atom. The van der Waals surface area contributed by atoms with Crippen LogP contribution in [0.4, 0.5) is 5.69 Å². The largest absolute Gasteiger partial charge is 0.495 e. The molecule has 0 fully saturated rings. The van der Waals surface area contributed by atoms with Gasteiger partial charge in [-0.2, -0.15) is 0 Å². The van der Waals surface area contributed by atoms with Crippen LogP contribution in [0.15, 0.2) is 22.7 Å². The van der Waals surface area contributed by atoms with Crippen molar-refractivity contribution in [2.24, 2.45) is 0 Å². The second kappa shape index (κ2) is 7.00. The molecule has 98 valence electrons. The van der Waals surface area contributed by atoms with Crippen LogP contribution in [0, 0.1) is 0 Å². The van der Waals surface area contributed by atoms with Crippen molar-refractivity contribution in [3.8, 4) is 5.75 Å². The zero-order valence-corrected chi connectivity index (χ0v) is 11.8. The Kier molecular flexibility index (Phi) is 5.64. The number of hydrogen-bond acceptors (Lipinski definition) is 4. The number of carbonyl (C=O) groups excluding carboxylic acids is 2. The van der Waals surface area contributed by atoms with Gasteiger partial charge in [0.25, 0.3) is 0 Å². The summed E-state index contributed by atoms with van der Waals surface area (Å²) in [6.45, 7) is 1.84. The maximum Gasteiger partial charge on any atom is 0.326 e. The maximum absolute atomic E-state index is 11.4. The molecule has 0 aliphatic carbocycles. The van der Waals surface area contributed by atoms with Crippen LogP contribution in [0.5, 0.6) is 5.75 Å². The van der Waals surface area contributed by atoms with Crippen molar-refractivity contribution < 1.29 is 19.1 Å². The highest BCUT2D eigenvalue weighted by Gasteiger charge is 2.16. The number of halogens is 1. The number of ether oxygens (including phenoxy) is 2. The number of methoxy groups -OCH3 is 1. The van der Waals surface area contributed by atoms with Crippen molar-refractivity contribution in [2.45, 2.75) is 6.92 Å². The molecule has 0 aliphatic rings. The molecule has 0 radical (unpaired) electrons. The van der Waals surface area contributed by atoms with Gasteiger partial charge in [-0.15, -0.1) is 0 Å². The number of anilines is 1. The lowest BCUT2D eigenvalue weighted by atomic mass is 10.2. The minimum absolute atomic E-state index is 0.149. The molecule has 5 nitrogen and oxygen atoms in total. The van der Waals surface area contributed by atoms with Crippen LogP contribution >= 0.6 is 15.9 Å². The molecular formula is C12H14BrNO4. The fourth-order valence-corrected chi connectivity index (χ4v) is 1.76. The van der Waals surface area contributed by atoms with E-state index in [0.29, 0.717) is 17.8 Å². The number of benzene rings is 1. The van der Waals surface area contributed by atoms with Crippen molar-refractivity contribution >= 4 is 34.0 Å². The van der Waals surface area contributed by atoms with Crippen LogP contribution in [-0.4, -0.2) is 32.6 Å². The van der Waals surface area contributed by atoms with E-state index in [4.69, 9.17) is 9.47 Å². The summed E-state index contributed by atoms with van der Waals surface area (Å²) in [5.74, 6) is 0.0428. The summed E-state index contributed by atoms with van der Waals surface area (Å²) in [6, 6.07) is 5.20. The van der Waals surface area contributed by atoms with Crippen LogP contribution in [0.2, 0.25) is 0 Å². The predicted molar refractivity (Wildman–Crippen MR) is 70.7 cm³/mol. The summed E-state index contributed by atoms with van der Waals surface area (Å²) in [5, 5.41) is 0. The lowest BCUT2D eigenvalue weighted by Crippen LogP contribution is -2.30. The summed E-state index contributed by atoms with van der Waals surface area (Å²) in [4.78, 5) is 23.7. The molecule has 0 saturated heterocycles. The summed E-state index contributed by atoms with van der Waals surface area (Å²) in [5.41, 5.74) is 0.509. The first-order valence-electron chi connectivity index (χ1n) is 5.33. The molecule has 0 atom stereocenters. The molecule has 0 heterocycles. The van der Waals surface area contributed by atoms with E-state index < -0.39 is 5.97 Å². The normalized spacial score (nSPS) is 9.72. The van der Waals surface area contributed by atoms with E-state index in [2.05, 4.69) is 15.9 Å². The zero-order chi connectivity index (χ0) is 13.5. The molecule has 0 unspecified atom stereocenters. The number of esters is 1. The minimum Gasteiger partial charge on any atom is -0.495 e. The second-order valence-corrected chi connectivity index (χ2v) is 4.27. The third-order valence-corrected chi connectivity index (χ3v) is 2.68. The molecule has 6 heteroatoms. The molecule has 0 bridgehead atoms. The number of amides is 1. The predicted octanol–water partition coefficient (Wildman–Crippen LogP) is 1.98. The highest BCUT2D eigenvalue weighted by Crippen LogP contribution is 2.30. The molecule has 18 heavy (non-hydrogen) atoms. The molecule has 0 aromatic heterocycles. The van der Waals surface area contributed by atoms with Crippen molar-refractivity contribution in [1.29, 1.82) is 0 Å². The lowest BCUT2D eigenvalue weighted by Gasteiger charge is -2.19. The smallest absolute Gasteiger partial charge is 0.326 e. The summed E-state index contributed by atoms with van der Waals surface area (Å²) in [7, 11) is 1.50. The zero-order valence-electron chi connectivity index (χ0n) is 10.2. The third kappa shape index (κ3) is 3.73. The van der Waals surface area contributed by atoms with Crippen molar-refractivity contribution in [3.63, 3.8) is 0 Å². The average molecular weight is 316 g/mol. The number of hydrogen-bond donors (Lipinski definition) is 0. The van der Waals surface area contributed by atoms with Gasteiger partial charge in [0, 0.05) is 4.47 Å². The fraction of sp³-hybridized carbons (Fsp3) is 0.333. The van der Waals surface area contributed by atoms with Crippen LogP contribution < -0.4 is 9.64 Å². The van der Waals surface area contributed by atoms with E-state index in [0.717, 1.165) is 4.47 Å². The maximum atomic E-state index is 11.4. The van der Waals surface area contributed by atoms with Crippen LogP contribution in [0.3, 0.4) is 0 Å². The SMILES string of the molecule is CCOC(=O)CN(C=O)c1cc(Br)ccc1OC. The molecule has 0 saturated carbocycles. The summed E-state index contributed by atoms with van der Waals surface area (Å²) in [6.07, 6.45) is 0.571. The van der Waals surface area contributed by atoms with Crippen molar-refractivity contribution in [3.05, 3.63) is 22.7 Å². The Hall–Kier alpha value is -1.56. The van der Waals surface area contributed by atoms with Gasteiger partial charge in [0.2, 0.25) is 6.41 Å². The first-order valence-corrected chi connectivity index (χ1v) is 6.12. The average Bonchev–Trinajstić information content (AvgIpc) is 2.36. The standard InChI is InChI=1S/C12H14BrNO4/c1-3-18-12(16)7-14(8-15)10-6-9(13)4-5-11(10)17-2/h4-6,8H,3,7H2,1-2H3. The van der Waals surface area contributed by atoms with Gasteiger partial charge in [-0.05, 0) is 25.1 Å². The van der Waals surface area contributed by atoms with E-state index >= 15 is 0 Å². The Morgan fingerprint density at radius 2 is 2.22 bits per heavy atom. The summed E-state index contributed by atoms with van der Waals surface area (Å²) < 4.78 is 10.7. The number of carbonyl (C=O) groups is 2. The first-order chi connectivity index (χ1) is 8.62. The molecule has 1 amide bonds. The fourth-order valence-electron chi connectivity index (χ4n) is 1.41. The van der Waals surface area contributed by atoms with Crippen molar-refractivity contribution in [1.82, 2.24) is 0 Å². The van der Waals surface area contributed by atoms with Gasteiger partial charge >= 0.3 is 5.97 Å². The van der Waals surface area contributed by atoms with E-state index in [-0.39, 0.29) is 13.2 Å². The van der Waals surface area contributed by atoms with Gasteiger partial charge in [-0.1, -0.05) is 15.9 Å². The highest BCUT2D eigenvalue weighted by molar-refractivity contribution is 9.10. The Bertz CT molecular complexity index is 436. The van der Waals surface area contributed by atoms with Gasteiger partial charge in [0.05, 0.1) is 19.4 Å². The Labute approximate surface area is 114 Å². The van der Waals surface area contributed by atoms with Gasteiger partial charge in [-0.3, -0.25) is 9.59 Å². The van der Waals surface area contributed by atoms with E-state index in [1.54, 1.807) is 25.1 Å². The quantitative estimate of drug-likeness (QED) is 0.595. The molecule has 0 spiro atoms. The van der Waals surface area contributed by atoms with Gasteiger partial charge < -0.3 is 14.4 Å². The third-order valence-electron chi connectivity index (χ3n) is 2.18. The van der Waals surface area contributed by atoms with E-state index in [9.17, 15) is 9.59 Å². The number of nitrogens with zero attached hydrogens (tertiary/aromatic N) is 1.